The lowest BCUT2D eigenvalue weighted by Crippen LogP contribution is -2.10. The third-order valence-electron chi connectivity index (χ3n) is 0.151. The maximum Gasteiger partial charge on any atom is 0.208 e. The van der Waals surface area contributed by atoms with E-state index in [9.17, 15) is 4.79 Å². The molecular formula is C2H5NO2. The van der Waals surface area contributed by atoms with Gasteiger partial charge < -0.3 is 10.4 Å². The smallest absolute Gasteiger partial charge is 0.208 e. The molecule has 3 nitrogen and oxygen atoms in total. The largest absolute Gasteiger partial charge is 0.377 e. The monoisotopic (exact) mass is 76.0 g/mol. The summed E-state index contributed by atoms with van der Waals surface area (Å²) in [4.78, 5) is 9.44. The van der Waals surface area contributed by atoms with Gasteiger partial charge in [-0.1, -0.05) is 0 Å². The molecule has 0 saturated carbocycles. The van der Waals surface area contributed by atoms with Gasteiger partial charge in [0, 0.05) is 0 Å². The molecule has 0 rings (SSSR count). The normalized spacial score (nSPS) is 9.40. The molecule has 2 N–H and O–H groups in total. The molecule has 0 aliphatic heterocycles. The number of aliphatic hydroxyl groups is 1. The molecule has 1 amide bonds. The summed E-state index contributed by atoms with van der Waals surface area (Å²) in [5.74, 6) is 0. The summed E-state index contributed by atoms with van der Waals surface area (Å²) in [5.41, 5.74) is 0. The first kappa shape index (κ1) is 2.66. The summed E-state index contributed by atoms with van der Waals surface area (Å²) in [5, 5.41) is 9.58. The van der Waals surface area contributed by atoms with Crippen molar-refractivity contribution >= 4 is 6.39 Å². The second-order valence-electron chi connectivity index (χ2n) is 0.437. The van der Waals surface area contributed by atoms with Crippen molar-refractivity contribution in [3.8, 4) is 0 Å². The third-order valence-corrected chi connectivity index (χ3v) is 0.151. The van der Waals surface area contributed by atoms with Gasteiger partial charge in [0.2, 0.25) is 6.39 Å². The average molecular weight is 76.1 g/mol. The van der Waals surface area contributed by atoms with Gasteiger partial charge in [-0.3, -0.25) is 4.79 Å². The molecule has 0 spiro atoms. The highest BCUT2D eigenvalue weighted by atomic mass is 16.3. The topological polar surface area (TPSA) is 49.3 Å². The van der Waals surface area contributed by atoms with Crippen LogP contribution in [-0.2, 0) is 4.79 Å². The third kappa shape index (κ3) is 3.43. The fraction of sp³-hybridized carbons (Fsp3) is 0.500. The lowest BCUT2D eigenvalue weighted by Gasteiger charge is -1.78. The summed E-state index contributed by atoms with van der Waals surface area (Å²) in [6.45, 7) is -0.456. The van der Waals surface area contributed by atoms with Crippen molar-refractivity contribution in [1.82, 2.24) is 5.32 Å². The number of nitrogens with one attached hydrogen (secondary N) is 1. The zero-order valence-electron chi connectivity index (χ0n) is 3.56. The molecular weight excluding hydrogens is 70.0 g/mol. The molecule has 3 heteroatoms. The van der Waals surface area contributed by atoms with Crippen LogP contribution in [0, 0.1) is 0 Å². The Hall–Kier alpha value is -0.570. The van der Waals surface area contributed by atoms with Gasteiger partial charge in [-0.15, -0.1) is 0 Å². The van der Waals surface area contributed by atoms with Gasteiger partial charge >= 0.3 is 0 Å². The number of aliphatic hydroxyl groups excluding tert-OH is 1. The molecule has 0 unspecified atom stereocenters. The van der Waals surface area contributed by atoms with E-state index in [4.69, 9.17) is 6.48 Å². The predicted molar refractivity (Wildman–Crippen MR) is 16.3 cm³/mol. The molecule has 0 aliphatic rings. The fourth-order valence-corrected chi connectivity index (χ4v) is 0.0323. The molecule has 0 fully saturated rings. The maximum absolute atomic E-state index is 9.44. The standard InChI is InChI=1S/C2H5NO2/c4-1-3-2-5/h1,5H,2H2,(H,3,4)/i1D. The molecule has 0 aromatic rings. The number of carbonyl (C=O) groups excluding carboxylic acids is 1. The SMILES string of the molecule is [2H]C(=O)NCO. The van der Waals surface area contributed by atoms with E-state index in [1.165, 1.54) is 0 Å². The van der Waals surface area contributed by atoms with Gasteiger partial charge in [0.1, 0.15) is 8.10 Å². The first-order valence-electron chi connectivity index (χ1n) is 1.62. The molecule has 0 bridgehead atoms. The second kappa shape index (κ2) is 3.43. The molecule has 0 radical (unpaired) electrons. The average Bonchev–Trinajstić information content (AvgIpc) is 1.35. The van der Waals surface area contributed by atoms with Crippen molar-refractivity contribution in [2.24, 2.45) is 0 Å². The van der Waals surface area contributed by atoms with E-state index < -0.39 is 13.1 Å². The van der Waals surface area contributed by atoms with E-state index >= 15 is 0 Å². The van der Waals surface area contributed by atoms with Gasteiger partial charge in [-0.25, -0.2) is 0 Å². The molecule has 5 heavy (non-hydrogen) atoms. The Kier molecular flexibility index (Phi) is 1.82. The van der Waals surface area contributed by atoms with Gasteiger partial charge in [0.25, 0.3) is 0 Å². The predicted octanol–water partition coefficient (Wildman–Crippen LogP) is -1.32. The Morgan fingerprint density at radius 2 is 3.00 bits per heavy atom. The van der Waals surface area contributed by atoms with Crippen LogP contribution in [0.15, 0.2) is 0 Å². The van der Waals surface area contributed by atoms with Crippen LogP contribution in [-0.4, -0.2) is 18.2 Å². The Morgan fingerprint density at radius 3 is 3.00 bits per heavy atom. The van der Waals surface area contributed by atoms with E-state index in [0.717, 1.165) is 0 Å². The first-order valence-corrected chi connectivity index (χ1v) is 1.12. The number of hydrogen-bond acceptors (Lipinski definition) is 2. The van der Waals surface area contributed by atoms with Crippen molar-refractivity contribution in [2.45, 2.75) is 0 Å². The number of amides is 1. The van der Waals surface area contributed by atoms with Gasteiger partial charge in [-0.05, 0) is 0 Å². The number of hydrogen-bond donors (Lipinski definition) is 2. The van der Waals surface area contributed by atoms with Crippen LogP contribution in [0.25, 0.3) is 0 Å². The van der Waals surface area contributed by atoms with Crippen molar-refractivity contribution in [3.05, 3.63) is 0 Å². The Labute approximate surface area is 31.0 Å². The molecule has 0 atom stereocenters. The van der Waals surface area contributed by atoms with Gasteiger partial charge in [0.15, 0.2) is 0 Å². The van der Waals surface area contributed by atoms with Crippen LogP contribution in [0.1, 0.15) is 1.37 Å². The summed E-state index contributed by atoms with van der Waals surface area (Å²) in [6, 6.07) is 0. The molecule has 0 aromatic heterocycles. The quantitative estimate of drug-likeness (QED) is 0.300. The van der Waals surface area contributed by atoms with Crippen LogP contribution in [0.3, 0.4) is 0 Å². The molecule has 30 valence electrons. The Balaban J connectivity index is 2.83. The van der Waals surface area contributed by atoms with Crippen molar-refractivity contribution in [1.29, 1.82) is 0 Å². The van der Waals surface area contributed by atoms with Crippen LogP contribution in [0.5, 0.6) is 0 Å². The summed E-state index contributed by atoms with van der Waals surface area (Å²) >= 11 is 0. The van der Waals surface area contributed by atoms with Gasteiger partial charge in [0.05, 0.1) is 0 Å². The Morgan fingerprint density at radius 1 is 2.40 bits per heavy atom. The first-order chi connectivity index (χ1) is 2.77. The zero-order chi connectivity index (χ0) is 4.99. The van der Waals surface area contributed by atoms with Crippen LogP contribution >= 0.6 is 0 Å². The second-order valence-corrected chi connectivity index (χ2v) is 0.437. The number of carbonyl (C=O) groups is 1. The zero-order valence-corrected chi connectivity index (χ0v) is 2.56. The van der Waals surface area contributed by atoms with E-state index in [1.807, 2.05) is 0 Å². The summed E-state index contributed by atoms with van der Waals surface area (Å²) in [6.07, 6.45) is -0.961. The lowest BCUT2D eigenvalue weighted by atomic mass is 11.2. The molecule has 0 aliphatic carbocycles. The van der Waals surface area contributed by atoms with Crippen LogP contribution in [0.4, 0.5) is 0 Å². The minimum absolute atomic E-state index is 0.456. The van der Waals surface area contributed by atoms with E-state index in [0.29, 0.717) is 0 Å². The Bertz CT molecular complexity index is 55.5. The van der Waals surface area contributed by atoms with E-state index in [-0.39, 0.29) is 0 Å². The van der Waals surface area contributed by atoms with Crippen LogP contribution < -0.4 is 5.32 Å². The molecule has 0 heterocycles. The van der Waals surface area contributed by atoms with Gasteiger partial charge in [-0.2, -0.15) is 0 Å². The van der Waals surface area contributed by atoms with E-state index in [2.05, 4.69) is 0 Å². The molecule has 0 saturated heterocycles. The van der Waals surface area contributed by atoms with Crippen molar-refractivity contribution in [2.75, 3.05) is 6.73 Å². The highest BCUT2D eigenvalue weighted by Crippen LogP contribution is 1.29. The summed E-state index contributed by atoms with van der Waals surface area (Å²) < 4.78 is 6.07. The maximum atomic E-state index is 9.44. The van der Waals surface area contributed by atoms with Crippen molar-refractivity contribution < 1.29 is 11.3 Å². The number of rotatable bonds is 1. The highest BCUT2D eigenvalue weighted by Gasteiger charge is 1.59. The van der Waals surface area contributed by atoms with Crippen molar-refractivity contribution in [3.63, 3.8) is 0 Å². The minimum atomic E-state index is -0.961. The van der Waals surface area contributed by atoms with E-state index in [1.54, 1.807) is 5.32 Å². The van der Waals surface area contributed by atoms with Crippen LogP contribution in [0.2, 0.25) is 0 Å². The fourth-order valence-electron chi connectivity index (χ4n) is 0.0323. The minimum Gasteiger partial charge on any atom is -0.377 e. The molecule has 0 aromatic carbocycles. The summed E-state index contributed by atoms with van der Waals surface area (Å²) in [7, 11) is 0. The highest BCUT2D eigenvalue weighted by molar-refractivity contribution is 5.45. The lowest BCUT2D eigenvalue weighted by molar-refractivity contribution is -0.110.